The van der Waals surface area contributed by atoms with Gasteiger partial charge in [-0.2, -0.15) is 0 Å². The van der Waals surface area contributed by atoms with Gasteiger partial charge in [0.05, 0.1) is 5.69 Å². The van der Waals surface area contributed by atoms with E-state index in [-0.39, 0.29) is 11.5 Å². The van der Waals surface area contributed by atoms with E-state index in [1.807, 2.05) is 6.92 Å². The van der Waals surface area contributed by atoms with Gasteiger partial charge in [-0.15, -0.1) is 0 Å². The first-order valence-corrected chi connectivity index (χ1v) is 7.70. The molecule has 112 valence electrons. The molecule has 1 heterocycles. The molecule has 1 aromatic rings. The molecular formula is C16H27N3O. The van der Waals surface area contributed by atoms with E-state index in [4.69, 9.17) is 9.72 Å². The van der Waals surface area contributed by atoms with Crippen molar-refractivity contribution in [3.05, 3.63) is 17.6 Å². The number of rotatable bonds is 6. The summed E-state index contributed by atoms with van der Waals surface area (Å²) in [5.41, 5.74) is 1.09. The van der Waals surface area contributed by atoms with Gasteiger partial charge in [0.25, 0.3) is 0 Å². The molecule has 0 aromatic carbocycles. The molecule has 4 nitrogen and oxygen atoms in total. The monoisotopic (exact) mass is 277 g/mol. The van der Waals surface area contributed by atoms with Gasteiger partial charge < -0.3 is 10.1 Å². The van der Waals surface area contributed by atoms with E-state index < -0.39 is 0 Å². The normalized spacial score (nSPS) is 17.1. The molecule has 4 heteroatoms. The van der Waals surface area contributed by atoms with Gasteiger partial charge in [0.2, 0.25) is 0 Å². The van der Waals surface area contributed by atoms with Gasteiger partial charge in [-0.3, -0.25) is 0 Å². The Bertz CT molecular complexity index is 450. The summed E-state index contributed by atoms with van der Waals surface area (Å²) in [6.07, 6.45) is 2.51. The molecule has 1 unspecified atom stereocenters. The van der Waals surface area contributed by atoms with Crippen molar-refractivity contribution in [3.8, 4) is 0 Å². The second-order valence-electron chi connectivity index (χ2n) is 6.49. The van der Waals surface area contributed by atoms with E-state index in [2.05, 4.69) is 44.1 Å². The molecule has 2 rings (SSSR count). The van der Waals surface area contributed by atoms with Crippen LogP contribution in [0.3, 0.4) is 0 Å². The number of hydrogen-bond acceptors (Lipinski definition) is 4. The molecule has 0 bridgehead atoms. The molecule has 1 saturated carbocycles. The lowest BCUT2D eigenvalue weighted by molar-refractivity contribution is 0.0398. The van der Waals surface area contributed by atoms with Gasteiger partial charge in [0.1, 0.15) is 11.9 Å². The van der Waals surface area contributed by atoms with E-state index in [0.717, 1.165) is 23.9 Å². The molecule has 1 N–H and O–H groups in total. The van der Waals surface area contributed by atoms with Crippen molar-refractivity contribution in [3.63, 3.8) is 0 Å². The molecular weight excluding hydrogens is 250 g/mol. The number of hydrogen-bond donors (Lipinski definition) is 1. The van der Waals surface area contributed by atoms with Gasteiger partial charge in [0, 0.05) is 24.6 Å². The average Bonchev–Trinajstić information content (AvgIpc) is 3.19. The van der Waals surface area contributed by atoms with Crippen molar-refractivity contribution in [2.45, 2.75) is 59.0 Å². The number of anilines is 1. The molecule has 1 aromatic heterocycles. The van der Waals surface area contributed by atoms with Crippen LogP contribution in [-0.4, -0.2) is 23.1 Å². The standard InChI is InChI=1S/C16H27N3O/c1-6-17-13-10-12(16(3,4)5)18-15(19-13)14(20-7-2)11-8-9-11/h10-11,14H,6-9H2,1-5H3,(H,17,18,19). The minimum Gasteiger partial charge on any atom is -0.370 e. The predicted octanol–water partition coefficient (Wildman–Crippen LogP) is 3.69. The summed E-state index contributed by atoms with van der Waals surface area (Å²) in [6, 6.07) is 2.06. The van der Waals surface area contributed by atoms with Crippen molar-refractivity contribution < 1.29 is 4.74 Å². The summed E-state index contributed by atoms with van der Waals surface area (Å²) in [7, 11) is 0. The smallest absolute Gasteiger partial charge is 0.160 e. The van der Waals surface area contributed by atoms with Gasteiger partial charge in [0.15, 0.2) is 5.82 Å². The largest absolute Gasteiger partial charge is 0.370 e. The van der Waals surface area contributed by atoms with Gasteiger partial charge in [-0.05, 0) is 32.6 Å². The maximum Gasteiger partial charge on any atom is 0.160 e. The minimum absolute atomic E-state index is 0.0160. The molecule has 1 aliphatic rings. The first-order valence-electron chi connectivity index (χ1n) is 7.70. The number of aromatic nitrogens is 2. The topological polar surface area (TPSA) is 47.0 Å². The Morgan fingerprint density at radius 1 is 1.30 bits per heavy atom. The highest BCUT2D eigenvalue weighted by atomic mass is 16.5. The van der Waals surface area contributed by atoms with E-state index in [9.17, 15) is 0 Å². The highest BCUT2D eigenvalue weighted by Gasteiger charge is 2.35. The lowest BCUT2D eigenvalue weighted by atomic mass is 9.91. The second-order valence-corrected chi connectivity index (χ2v) is 6.49. The van der Waals surface area contributed by atoms with E-state index in [0.29, 0.717) is 12.5 Å². The molecule has 1 atom stereocenters. The lowest BCUT2D eigenvalue weighted by Gasteiger charge is -2.22. The Morgan fingerprint density at radius 3 is 2.50 bits per heavy atom. The van der Waals surface area contributed by atoms with Crippen molar-refractivity contribution in [1.82, 2.24) is 9.97 Å². The van der Waals surface area contributed by atoms with E-state index >= 15 is 0 Å². The minimum atomic E-state index is 0.0160. The van der Waals surface area contributed by atoms with Crippen LogP contribution in [0.5, 0.6) is 0 Å². The number of ether oxygens (including phenoxy) is 1. The fourth-order valence-corrected chi connectivity index (χ4v) is 2.25. The fourth-order valence-electron chi connectivity index (χ4n) is 2.25. The van der Waals surface area contributed by atoms with Crippen LogP contribution >= 0.6 is 0 Å². The summed E-state index contributed by atoms with van der Waals surface area (Å²) < 4.78 is 5.90. The van der Waals surface area contributed by atoms with E-state index in [1.165, 1.54) is 12.8 Å². The van der Waals surface area contributed by atoms with Crippen LogP contribution in [0.4, 0.5) is 5.82 Å². The third-order valence-corrected chi connectivity index (χ3v) is 3.52. The summed E-state index contributed by atoms with van der Waals surface area (Å²) in [5, 5.41) is 3.31. The van der Waals surface area contributed by atoms with Gasteiger partial charge in [-0.1, -0.05) is 20.8 Å². The van der Waals surface area contributed by atoms with Crippen LogP contribution < -0.4 is 5.32 Å². The molecule has 0 amide bonds. The Morgan fingerprint density at radius 2 is 2.00 bits per heavy atom. The van der Waals surface area contributed by atoms with Crippen LogP contribution in [-0.2, 0) is 10.2 Å². The lowest BCUT2D eigenvalue weighted by Crippen LogP contribution is -2.19. The Balaban J connectivity index is 2.36. The molecule has 0 spiro atoms. The highest BCUT2D eigenvalue weighted by molar-refractivity contribution is 5.38. The first kappa shape index (κ1) is 15.2. The SMILES string of the molecule is CCNc1cc(C(C)(C)C)nc(C(OCC)C2CC2)n1. The summed E-state index contributed by atoms with van der Waals surface area (Å²) in [6.45, 7) is 12.2. The molecule has 20 heavy (non-hydrogen) atoms. The summed E-state index contributed by atoms with van der Waals surface area (Å²) in [5.74, 6) is 2.35. The van der Waals surface area contributed by atoms with Crippen molar-refractivity contribution in [2.24, 2.45) is 5.92 Å². The zero-order valence-electron chi connectivity index (χ0n) is 13.4. The number of nitrogens with zero attached hydrogens (tertiary/aromatic N) is 2. The Kier molecular flexibility index (Phi) is 4.63. The Hall–Kier alpha value is -1.16. The second kappa shape index (κ2) is 6.08. The summed E-state index contributed by atoms with van der Waals surface area (Å²) >= 11 is 0. The third-order valence-electron chi connectivity index (χ3n) is 3.52. The predicted molar refractivity (Wildman–Crippen MR) is 82.0 cm³/mol. The van der Waals surface area contributed by atoms with Crippen molar-refractivity contribution in [2.75, 3.05) is 18.5 Å². The summed E-state index contributed by atoms with van der Waals surface area (Å²) in [4.78, 5) is 9.46. The van der Waals surface area contributed by atoms with Crippen LogP contribution in [0.15, 0.2) is 6.07 Å². The first-order chi connectivity index (χ1) is 9.45. The van der Waals surface area contributed by atoms with Crippen LogP contribution in [0.1, 0.15) is 65.1 Å². The van der Waals surface area contributed by atoms with Crippen LogP contribution in [0.25, 0.3) is 0 Å². The van der Waals surface area contributed by atoms with Crippen LogP contribution in [0.2, 0.25) is 0 Å². The molecule has 0 aliphatic heterocycles. The van der Waals surface area contributed by atoms with Crippen molar-refractivity contribution >= 4 is 5.82 Å². The number of nitrogens with one attached hydrogen (secondary N) is 1. The van der Waals surface area contributed by atoms with Crippen molar-refractivity contribution in [1.29, 1.82) is 0 Å². The average molecular weight is 277 g/mol. The molecule has 1 fully saturated rings. The zero-order chi connectivity index (χ0) is 14.8. The molecule has 0 saturated heterocycles. The van der Waals surface area contributed by atoms with Gasteiger partial charge in [-0.25, -0.2) is 9.97 Å². The maximum absolute atomic E-state index is 5.90. The van der Waals surface area contributed by atoms with E-state index in [1.54, 1.807) is 0 Å². The highest BCUT2D eigenvalue weighted by Crippen LogP contribution is 2.42. The Labute approximate surface area is 122 Å². The fraction of sp³-hybridized carbons (Fsp3) is 0.750. The zero-order valence-corrected chi connectivity index (χ0v) is 13.4. The molecule has 0 radical (unpaired) electrons. The maximum atomic E-state index is 5.90. The third kappa shape index (κ3) is 3.69. The molecule has 1 aliphatic carbocycles. The van der Waals surface area contributed by atoms with Crippen LogP contribution in [0, 0.1) is 5.92 Å². The quantitative estimate of drug-likeness (QED) is 0.861. The van der Waals surface area contributed by atoms with Gasteiger partial charge >= 0.3 is 0 Å².